The third-order valence-corrected chi connectivity index (χ3v) is 5.77. The van der Waals surface area contributed by atoms with Gasteiger partial charge in [-0.05, 0) is 35.9 Å². The van der Waals surface area contributed by atoms with Crippen molar-refractivity contribution < 1.29 is 37.4 Å². The molecule has 0 bridgehead atoms. The molecule has 0 aliphatic heterocycles. The van der Waals surface area contributed by atoms with Crippen LogP contribution in [0.4, 0.5) is 13.2 Å². The van der Waals surface area contributed by atoms with Crippen LogP contribution in [0.1, 0.15) is 31.8 Å². The molecule has 36 heavy (non-hydrogen) atoms. The molecule has 3 aromatic carbocycles. The minimum absolute atomic E-state index is 0.0124. The first-order valence-corrected chi connectivity index (χ1v) is 10.7. The van der Waals surface area contributed by atoms with Gasteiger partial charge in [0.15, 0.2) is 0 Å². The van der Waals surface area contributed by atoms with Crippen LogP contribution in [-0.2, 0) is 22.1 Å². The molecule has 0 saturated carbocycles. The molecule has 1 aromatic heterocycles. The van der Waals surface area contributed by atoms with Gasteiger partial charge in [-0.1, -0.05) is 41.9 Å². The second-order valence-corrected chi connectivity index (χ2v) is 8.12. The summed E-state index contributed by atoms with van der Waals surface area (Å²) in [5.74, 6) is -2.90. The number of hydrogen-bond donors (Lipinski definition) is 1. The van der Waals surface area contributed by atoms with Gasteiger partial charge in [-0.3, -0.25) is 9.59 Å². The maximum atomic E-state index is 13.7. The number of methoxy groups -OCH3 is 1. The highest BCUT2D eigenvalue weighted by Gasteiger charge is 2.37. The molecule has 0 radical (unpaired) electrons. The predicted octanol–water partition coefficient (Wildman–Crippen LogP) is 5.48. The van der Waals surface area contributed by atoms with E-state index in [0.717, 1.165) is 28.9 Å². The number of benzene rings is 3. The highest BCUT2D eigenvalue weighted by molar-refractivity contribution is 6.34. The van der Waals surface area contributed by atoms with Crippen molar-refractivity contribution in [1.29, 1.82) is 0 Å². The van der Waals surface area contributed by atoms with Crippen LogP contribution >= 0.6 is 11.6 Å². The normalized spacial score (nSPS) is 11.5. The highest BCUT2D eigenvalue weighted by Crippen LogP contribution is 2.37. The topological polar surface area (TPSA) is 98.5 Å². The second kappa shape index (κ2) is 9.46. The number of halogens is 4. The van der Waals surface area contributed by atoms with Crippen molar-refractivity contribution >= 4 is 40.3 Å². The zero-order valence-electron chi connectivity index (χ0n) is 18.5. The first-order chi connectivity index (χ1) is 17.0. The standard InChI is InChI=1S/C25H16ClF3N2O5/c1-36-20(32)11-13-5-7-14(8-6-13)22-16-10-9-15(24(34)35)12-19(16)31(30-22)23(33)21-17(25(27,28)29)3-2-4-18(21)26/h2-10,12H,11H2,1H3,(H,34,35). The number of hydrogen-bond acceptors (Lipinski definition) is 5. The lowest BCUT2D eigenvalue weighted by Gasteiger charge is -2.13. The van der Waals surface area contributed by atoms with Gasteiger partial charge in [0.2, 0.25) is 0 Å². The van der Waals surface area contributed by atoms with E-state index in [9.17, 15) is 32.7 Å². The number of aromatic nitrogens is 2. The van der Waals surface area contributed by atoms with Crippen LogP contribution in [0.5, 0.6) is 0 Å². The number of nitrogens with zero attached hydrogens (tertiary/aromatic N) is 2. The van der Waals surface area contributed by atoms with Crippen LogP contribution < -0.4 is 0 Å². The molecule has 7 nitrogen and oxygen atoms in total. The van der Waals surface area contributed by atoms with E-state index in [0.29, 0.717) is 16.5 Å². The first kappa shape index (κ1) is 24.9. The van der Waals surface area contributed by atoms with Gasteiger partial charge in [0.25, 0.3) is 5.91 Å². The average Bonchev–Trinajstić information content (AvgIpc) is 3.22. The third-order valence-electron chi connectivity index (χ3n) is 5.46. The molecule has 4 aromatic rings. The van der Waals surface area contributed by atoms with Gasteiger partial charge in [-0.2, -0.15) is 23.0 Å². The third kappa shape index (κ3) is 4.67. The highest BCUT2D eigenvalue weighted by atomic mass is 35.5. The van der Waals surface area contributed by atoms with Crippen LogP contribution in [-0.4, -0.2) is 39.8 Å². The van der Waals surface area contributed by atoms with Crippen LogP contribution in [0.25, 0.3) is 22.2 Å². The maximum Gasteiger partial charge on any atom is 0.417 e. The van der Waals surface area contributed by atoms with Crippen molar-refractivity contribution in [3.05, 3.63) is 87.9 Å². The molecule has 1 heterocycles. The molecule has 0 fully saturated rings. The maximum absolute atomic E-state index is 13.7. The van der Waals surface area contributed by atoms with Gasteiger partial charge in [-0.15, -0.1) is 0 Å². The summed E-state index contributed by atoms with van der Waals surface area (Å²) in [5.41, 5.74) is -0.903. The Morgan fingerprint density at radius 2 is 1.75 bits per heavy atom. The van der Waals surface area contributed by atoms with Gasteiger partial charge in [0.05, 0.1) is 40.8 Å². The van der Waals surface area contributed by atoms with E-state index in [1.807, 2.05) is 0 Å². The van der Waals surface area contributed by atoms with Crippen LogP contribution in [0.2, 0.25) is 5.02 Å². The van der Waals surface area contributed by atoms with Crippen molar-refractivity contribution in [2.75, 3.05) is 7.11 Å². The number of fused-ring (bicyclic) bond motifs is 1. The average molecular weight is 517 g/mol. The summed E-state index contributed by atoms with van der Waals surface area (Å²) in [6.45, 7) is 0. The van der Waals surface area contributed by atoms with Crippen molar-refractivity contribution in [2.45, 2.75) is 12.6 Å². The van der Waals surface area contributed by atoms with Crippen LogP contribution in [0, 0.1) is 0 Å². The Labute approximate surface area is 206 Å². The first-order valence-electron chi connectivity index (χ1n) is 10.3. The molecule has 0 saturated heterocycles. The fourth-order valence-corrected chi connectivity index (χ4v) is 3.97. The fourth-order valence-electron chi connectivity index (χ4n) is 3.72. The van der Waals surface area contributed by atoms with E-state index in [2.05, 4.69) is 9.84 Å². The van der Waals surface area contributed by atoms with E-state index >= 15 is 0 Å². The Hall–Kier alpha value is -4.18. The van der Waals surface area contributed by atoms with Crippen molar-refractivity contribution in [1.82, 2.24) is 9.78 Å². The van der Waals surface area contributed by atoms with Crippen molar-refractivity contribution in [3.8, 4) is 11.3 Å². The zero-order chi connectivity index (χ0) is 26.2. The number of carboxylic acid groups (broad SMARTS) is 1. The van der Waals surface area contributed by atoms with Gasteiger partial charge < -0.3 is 9.84 Å². The molecule has 184 valence electrons. The van der Waals surface area contributed by atoms with Crippen LogP contribution in [0.3, 0.4) is 0 Å². The lowest BCUT2D eigenvalue weighted by atomic mass is 10.0. The van der Waals surface area contributed by atoms with Gasteiger partial charge in [0.1, 0.15) is 5.69 Å². The molecule has 0 aliphatic carbocycles. The summed E-state index contributed by atoms with van der Waals surface area (Å²) in [5, 5.41) is 13.6. The van der Waals surface area contributed by atoms with E-state index in [-0.39, 0.29) is 23.2 Å². The number of carboxylic acids is 1. The predicted molar refractivity (Wildman–Crippen MR) is 124 cm³/mol. The Balaban J connectivity index is 1.91. The minimum Gasteiger partial charge on any atom is -0.478 e. The lowest BCUT2D eigenvalue weighted by Crippen LogP contribution is -2.20. The van der Waals surface area contributed by atoms with Gasteiger partial charge in [-0.25, -0.2) is 4.79 Å². The number of carbonyl (C=O) groups excluding carboxylic acids is 2. The second-order valence-electron chi connectivity index (χ2n) is 7.71. The van der Waals surface area contributed by atoms with Gasteiger partial charge in [0, 0.05) is 10.9 Å². The summed E-state index contributed by atoms with van der Waals surface area (Å²) in [7, 11) is 1.26. The summed E-state index contributed by atoms with van der Waals surface area (Å²) in [6, 6.07) is 13.4. The number of carbonyl (C=O) groups is 3. The SMILES string of the molecule is COC(=O)Cc1ccc(-c2nn(C(=O)c3c(Cl)cccc3C(F)(F)F)c3cc(C(=O)O)ccc23)cc1. The lowest BCUT2D eigenvalue weighted by molar-refractivity contribution is -0.140. The molecule has 0 amide bonds. The smallest absolute Gasteiger partial charge is 0.417 e. The van der Waals surface area contributed by atoms with E-state index in [1.54, 1.807) is 24.3 Å². The molecular formula is C25H16ClF3N2O5. The number of aromatic carboxylic acids is 1. The quantitative estimate of drug-likeness (QED) is 0.353. The summed E-state index contributed by atoms with van der Waals surface area (Å²) >= 11 is 6.01. The number of rotatable bonds is 5. The number of ether oxygens (including phenoxy) is 1. The summed E-state index contributed by atoms with van der Waals surface area (Å²) in [4.78, 5) is 36.5. The van der Waals surface area contributed by atoms with Crippen molar-refractivity contribution in [3.63, 3.8) is 0 Å². The van der Waals surface area contributed by atoms with E-state index < -0.39 is 40.2 Å². The fraction of sp³-hybridized carbons (Fsp3) is 0.120. The molecular weight excluding hydrogens is 501 g/mol. The molecule has 11 heteroatoms. The largest absolute Gasteiger partial charge is 0.478 e. The van der Waals surface area contributed by atoms with E-state index in [4.69, 9.17) is 11.6 Å². The molecule has 0 spiro atoms. The summed E-state index contributed by atoms with van der Waals surface area (Å²) < 4.78 is 46.3. The van der Waals surface area contributed by atoms with Crippen LogP contribution in [0.15, 0.2) is 60.7 Å². The Morgan fingerprint density at radius 3 is 2.36 bits per heavy atom. The van der Waals surface area contributed by atoms with Gasteiger partial charge >= 0.3 is 18.1 Å². The molecule has 4 rings (SSSR count). The number of alkyl halides is 3. The monoisotopic (exact) mass is 516 g/mol. The molecule has 1 N–H and O–H groups in total. The summed E-state index contributed by atoms with van der Waals surface area (Å²) in [6.07, 6.45) is -4.84. The molecule has 0 aliphatic rings. The minimum atomic E-state index is -4.87. The number of esters is 1. The van der Waals surface area contributed by atoms with E-state index in [1.165, 1.54) is 19.2 Å². The zero-order valence-corrected chi connectivity index (χ0v) is 19.2. The molecule has 0 unspecified atom stereocenters. The van der Waals surface area contributed by atoms with Crippen molar-refractivity contribution in [2.24, 2.45) is 0 Å². The Bertz CT molecular complexity index is 1510. The molecule has 0 atom stereocenters. The Morgan fingerprint density at radius 1 is 1.06 bits per heavy atom. The Kier molecular flexibility index (Phi) is 6.55.